The fourth-order valence-electron chi connectivity index (χ4n) is 4.37. The quantitative estimate of drug-likeness (QED) is 0.572. The molecule has 0 aromatic heterocycles. The summed E-state index contributed by atoms with van der Waals surface area (Å²) in [5.74, 6) is 0.0485. The molecule has 0 fully saturated rings. The lowest BCUT2D eigenvalue weighted by molar-refractivity contribution is 0.0682. The molecule has 0 radical (unpaired) electrons. The van der Waals surface area contributed by atoms with E-state index in [9.17, 15) is 4.79 Å². The highest BCUT2D eigenvalue weighted by Crippen LogP contribution is 2.45. The lowest BCUT2D eigenvalue weighted by atomic mass is 9.77. The Hall–Kier alpha value is -2.91. The van der Waals surface area contributed by atoms with Gasteiger partial charge in [0, 0.05) is 22.1 Å². The molecule has 1 amide bonds. The van der Waals surface area contributed by atoms with Crippen LogP contribution in [0.5, 0.6) is 0 Å². The van der Waals surface area contributed by atoms with E-state index in [1.807, 2.05) is 60.7 Å². The molecule has 4 heteroatoms. The highest BCUT2D eigenvalue weighted by Gasteiger charge is 2.44. The van der Waals surface area contributed by atoms with E-state index in [1.165, 1.54) is 5.56 Å². The number of aryl methyl sites for hydroxylation is 1. The first-order valence-corrected chi connectivity index (χ1v) is 9.91. The van der Waals surface area contributed by atoms with E-state index in [0.29, 0.717) is 10.6 Å². The second kappa shape index (κ2) is 6.92. The number of hydrazone groups is 1. The van der Waals surface area contributed by atoms with E-state index >= 15 is 0 Å². The summed E-state index contributed by atoms with van der Waals surface area (Å²) in [7, 11) is 0. The molecule has 0 saturated carbocycles. The number of amides is 1. The molecule has 0 unspecified atom stereocenters. The molecule has 28 heavy (non-hydrogen) atoms. The molecular formula is C24H19ClN2O. The average molecular weight is 387 g/mol. The number of halogens is 1. The molecule has 5 rings (SSSR count). The third-order valence-electron chi connectivity index (χ3n) is 5.68. The van der Waals surface area contributed by atoms with Gasteiger partial charge in [-0.1, -0.05) is 72.3 Å². The summed E-state index contributed by atoms with van der Waals surface area (Å²) in [5.41, 5.74) is 5.03. The van der Waals surface area contributed by atoms with E-state index < -0.39 is 0 Å². The number of rotatable bonds is 2. The van der Waals surface area contributed by atoms with Gasteiger partial charge in [0.15, 0.2) is 0 Å². The summed E-state index contributed by atoms with van der Waals surface area (Å²) in [6.07, 6.45) is 1.93. The van der Waals surface area contributed by atoms with Crippen LogP contribution in [0.15, 0.2) is 84.0 Å². The van der Waals surface area contributed by atoms with Gasteiger partial charge in [0.25, 0.3) is 5.91 Å². The summed E-state index contributed by atoms with van der Waals surface area (Å²) < 4.78 is 0. The normalized spacial score (nSPS) is 20.3. The van der Waals surface area contributed by atoms with Crippen LogP contribution in [-0.4, -0.2) is 16.6 Å². The predicted octanol–water partition coefficient (Wildman–Crippen LogP) is 5.50. The van der Waals surface area contributed by atoms with Crippen LogP contribution in [0.4, 0.5) is 0 Å². The Morgan fingerprint density at radius 2 is 1.64 bits per heavy atom. The van der Waals surface area contributed by atoms with Gasteiger partial charge in [-0.25, -0.2) is 5.01 Å². The van der Waals surface area contributed by atoms with Crippen LogP contribution in [0, 0.1) is 5.92 Å². The number of carbonyl (C=O) groups excluding carboxylic acids is 1. The van der Waals surface area contributed by atoms with Gasteiger partial charge in [-0.3, -0.25) is 4.79 Å². The Morgan fingerprint density at radius 1 is 0.929 bits per heavy atom. The van der Waals surface area contributed by atoms with E-state index in [1.54, 1.807) is 5.01 Å². The molecule has 0 N–H and O–H groups in total. The predicted molar refractivity (Wildman–Crippen MR) is 112 cm³/mol. The van der Waals surface area contributed by atoms with Crippen molar-refractivity contribution >= 4 is 23.2 Å². The SMILES string of the molecule is O=C(c1ccccc1)N1N=C2c3ccccc3CC[C@@H]2[C@H]1c1ccccc1Cl. The number of hydrogen-bond donors (Lipinski definition) is 0. The Morgan fingerprint density at radius 3 is 2.46 bits per heavy atom. The Bertz CT molecular complexity index is 1080. The highest BCUT2D eigenvalue weighted by molar-refractivity contribution is 6.31. The van der Waals surface area contributed by atoms with E-state index in [2.05, 4.69) is 18.2 Å². The van der Waals surface area contributed by atoms with Crippen molar-refractivity contribution in [1.82, 2.24) is 5.01 Å². The zero-order valence-electron chi connectivity index (χ0n) is 15.3. The van der Waals surface area contributed by atoms with Crippen LogP contribution in [-0.2, 0) is 6.42 Å². The monoisotopic (exact) mass is 386 g/mol. The fourth-order valence-corrected chi connectivity index (χ4v) is 4.62. The van der Waals surface area contributed by atoms with Gasteiger partial charge in [-0.2, -0.15) is 5.10 Å². The second-order valence-electron chi connectivity index (χ2n) is 7.27. The molecule has 3 aromatic rings. The summed E-state index contributed by atoms with van der Waals surface area (Å²) in [6.45, 7) is 0. The van der Waals surface area contributed by atoms with E-state index in [-0.39, 0.29) is 17.9 Å². The van der Waals surface area contributed by atoms with Gasteiger partial charge in [-0.15, -0.1) is 0 Å². The molecule has 1 heterocycles. The lowest BCUT2D eigenvalue weighted by Crippen LogP contribution is -2.32. The van der Waals surface area contributed by atoms with Crippen molar-refractivity contribution in [3.8, 4) is 0 Å². The van der Waals surface area contributed by atoms with Crippen LogP contribution in [0.25, 0.3) is 0 Å². The smallest absolute Gasteiger partial charge is 0.267 e. The van der Waals surface area contributed by atoms with Crippen LogP contribution in [0.1, 0.15) is 39.5 Å². The second-order valence-corrected chi connectivity index (χ2v) is 7.68. The minimum Gasteiger partial charge on any atom is -0.267 e. The van der Waals surface area contributed by atoms with E-state index in [4.69, 9.17) is 16.7 Å². The first-order chi connectivity index (χ1) is 13.7. The van der Waals surface area contributed by atoms with Gasteiger partial charge in [0.05, 0.1) is 11.8 Å². The van der Waals surface area contributed by atoms with Gasteiger partial charge < -0.3 is 0 Å². The number of carbonyl (C=O) groups is 1. The van der Waals surface area contributed by atoms with Crippen molar-refractivity contribution < 1.29 is 4.79 Å². The number of nitrogens with zero attached hydrogens (tertiary/aromatic N) is 2. The molecule has 0 spiro atoms. The molecule has 3 aromatic carbocycles. The molecule has 2 aliphatic rings. The summed E-state index contributed by atoms with van der Waals surface area (Å²) in [6, 6.07) is 25.3. The fraction of sp³-hybridized carbons (Fsp3) is 0.167. The largest absolute Gasteiger partial charge is 0.274 e. The van der Waals surface area contributed by atoms with Gasteiger partial charge in [0.2, 0.25) is 0 Å². The third-order valence-corrected chi connectivity index (χ3v) is 6.03. The molecule has 0 bridgehead atoms. The average Bonchev–Trinajstić information content (AvgIpc) is 3.14. The van der Waals surface area contributed by atoms with Crippen LogP contribution < -0.4 is 0 Å². The first kappa shape index (κ1) is 17.2. The van der Waals surface area contributed by atoms with Crippen molar-refractivity contribution in [1.29, 1.82) is 0 Å². The zero-order valence-corrected chi connectivity index (χ0v) is 16.0. The van der Waals surface area contributed by atoms with Gasteiger partial charge in [-0.05, 0) is 42.2 Å². The summed E-state index contributed by atoms with van der Waals surface area (Å²) in [5, 5.41) is 7.19. The standard InChI is InChI=1S/C24H19ClN2O/c25-21-13-7-6-12-19(21)23-20-15-14-16-8-4-5-11-18(16)22(20)26-27(23)24(28)17-9-2-1-3-10-17/h1-13,20,23H,14-15H2/t20-,23+/m0/s1. The maximum Gasteiger partial charge on any atom is 0.274 e. The molecule has 0 saturated heterocycles. The van der Waals surface area contributed by atoms with Crippen molar-refractivity contribution in [3.63, 3.8) is 0 Å². The van der Waals surface area contributed by atoms with Crippen LogP contribution in [0.2, 0.25) is 5.02 Å². The Labute approximate surface area is 169 Å². The van der Waals surface area contributed by atoms with E-state index in [0.717, 1.165) is 29.7 Å². The Balaban J connectivity index is 1.65. The number of fused-ring (bicyclic) bond motifs is 3. The van der Waals surface area contributed by atoms with Crippen molar-refractivity contribution in [2.24, 2.45) is 11.0 Å². The Kier molecular flexibility index (Phi) is 4.25. The summed E-state index contributed by atoms with van der Waals surface area (Å²) in [4.78, 5) is 13.4. The highest BCUT2D eigenvalue weighted by atomic mass is 35.5. The molecule has 3 nitrogen and oxygen atoms in total. The van der Waals surface area contributed by atoms with Gasteiger partial charge >= 0.3 is 0 Å². The molecule has 1 aliphatic carbocycles. The number of hydrogen-bond acceptors (Lipinski definition) is 2. The third kappa shape index (κ3) is 2.74. The van der Waals surface area contributed by atoms with Crippen LogP contribution >= 0.6 is 11.6 Å². The summed E-state index contributed by atoms with van der Waals surface area (Å²) >= 11 is 6.56. The molecule has 1 aliphatic heterocycles. The first-order valence-electron chi connectivity index (χ1n) is 9.54. The van der Waals surface area contributed by atoms with Crippen LogP contribution in [0.3, 0.4) is 0 Å². The minimum atomic E-state index is -0.190. The topological polar surface area (TPSA) is 32.7 Å². The minimum absolute atomic E-state index is 0.0927. The van der Waals surface area contributed by atoms with Crippen molar-refractivity contribution in [2.45, 2.75) is 18.9 Å². The van der Waals surface area contributed by atoms with Crippen molar-refractivity contribution in [3.05, 3.63) is 106 Å². The number of benzene rings is 3. The van der Waals surface area contributed by atoms with Gasteiger partial charge in [0.1, 0.15) is 0 Å². The molecule has 138 valence electrons. The maximum atomic E-state index is 13.4. The lowest BCUT2D eigenvalue weighted by Gasteiger charge is -2.30. The van der Waals surface area contributed by atoms with Crippen molar-refractivity contribution in [2.75, 3.05) is 0 Å². The molecule has 2 atom stereocenters. The molecular weight excluding hydrogens is 368 g/mol. The zero-order chi connectivity index (χ0) is 19.1. The maximum absolute atomic E-state index is 13.4.